The lowest BCUT2D eigenvalue weighted by molar-refractivity contribution is -0.133. The molecule has 0 bridgehead atoms. The molecule has 0 unspecified atom stereocenters. The summed E-state index contributed by atoms with van der Waals surface area (Å²) in [6.07, 6.45) is 0.329. The van der Waals surface area contributed by atoms with Crippen LogP contribution in [0.25, 0.3) is 0 Å². The van der Waals surface area contributed by atoms with Gasteiger partial charge in [0.05, 0.1) is 5.56 Å². The fourth-order valence-corrected chi connectivity index (χ4v) is 3.40. The van der Waals surface area contributed by atoms with E-state index < -0.39 is 40.5 Å². The molecule has 9 heteroatoms. The Balaban J connectivity index is 1.75. The summed E-state index contributed by atoms with van der Waals surface area (Å²) in [7, 11) is 0. The zero-order valence-electron chi connectivity index (χ0n) is 14.3. The Morgan fingerprint density at radius 3 is 2.27 bits per heavy atom. The van der Waals surface area contributed by atoms with Gasteiger partial charge in [-0.05, 0) is 38.8 Å². The second kappa shape index (κ2) is 6.30. The number of nitrogens with zero attached hydrogens (tertiary/aromatic N) is 2. The average Bonchev–Trinajstić information content (AvgIpc) is 2.83. The van der Waals surface area contributed by atoms with Crippen LogP contribution in [0.4, 0.5) is 18.0 Å². The van der Waals surface area contributed by atoms with Crippen molar-refractivity contribution in [1.82, 2.24) is 15.1 Å². The first-order valence-electron chi connectivity index (χ1n) is 8.26. The minimum Gasteiger partial charge on any atom is -0.338 e. The second-order valence-electron chi connectivity index (χ2n) is 6.80. The maximum Gasteiger partial charge on any atom is 0.325 e. The molecular formula is C17H18F3N3O3. The molecule has 0 aliphatic carbocycles. The van der Waals surface area contributed by atoms with E-state index in [1.807, 2.05) is 0 Å². The second-order valence-corrected chi connectivity index (χ2v) is 6.80. The lowest BCUT2D eigenvalue weighted by atomic mass is 9.87. The van der Waals surface area contributed by atoms with Crippen LogP contribution in [0.2, 0.25) is 0 Å². The highest BCUT2D eigenvalue weighted by Gasteiger charge is 2.53. The van der Waals surface area contributed by atoms with Gasteiger partial charge in [0, 0.05) is 19.1 Å². The first-order valence-corrected chi connectivity index (χ1v) is 8.26. The van der Waals surface area contributed by atoms with Gasteiger partial charge in [0.25, 0.3) is 11.8 Å². The van der Waals surface area contributed by atoms with Gasteiger partial charge in [-0.1, -0.05) is 0 Å². The van der Waals surface area contributed by atoms with Crippen molar-refractivity contribution in [2.45, 2.75) is 38.3 Å². The molecule has 140 valence electrons. The molecule has 2 aliphatic heterocycles. The molecule has 6 nitrogen and oxygen atoms in total. The molecule has 1 spiro atoms. The first kappa shape index (κ1) is 18.2. The summed E-state index contributed by atoms with van der Waals surface area (Å²) in [6.45, 7) is 3.60. The van der Waals surface area contributed by atoms with E-state index in [2.05, 4.69) is 5.32 Å². The maximum absolute atomic E-state index is 13.8. The zero-order chi connectivity index (χ0) is 19.2. The molecule has 26 heavy (non-hydrogen) atoms. The molecule has 0 saturated carbocycles. The molecule has 0 radical (unpaired) electrons. The molecule has 0 aromatic heterocycles. The van der Waals surface area contributed by atoms with Gasteiger partial charge in [-0.3, -0.25) is 14.5 Å². The van der Waals surface area contributed by atoms with E-state index in [1.165, 1.54) is 4.90 Å². The van der Waals surface area contributed by atoms with E-state index >= 15 is 0 Å². The van der Waals surface area contributed by atoms with Gasteiger partial charge in [0.1, 0.15) is 5.54 Å². The Bertz CT molecular complexity index is 789. The minimum atomic E-state index is -1.70. The molecule has 4 amide bonds. The predicted octanol–water partition coefficient (Wildman–Crippen LogP) is 2.04. The number of rotatable bonds is 2. The van der Waals surface area contributed by atoms with Crippen LogP contribution in [0.3, 0.4) is 0 Å². The van der Waals surface area contributed by atoms with Crippen LogP contribution >= 0.6 is 0 Å². The Hall–Kier alpha value is -2.58. The quantitative estimate of drug-likeness (QED) is 0.641. The Morgan fingerprint density at radius 2 is 1.73 bits per heavy atom. The molecule has 0 atom stereocenters. The number of nitrogens with one attached hydrogen (secondary N) is 1. The fraction of sp³-hybridized carbons (Fsp3) is 0.471. The highest BCUT2D eigenvalue weighted by Crippen LogP contribution is 2.31. The van der Waals surface area contributed by atoms with Gasteiger partial charge in [0.15, 0.2) is 17.5 Å². The molecule has 2 aliphatic rings. The van der Waals surface area contributed by atoms with E-state index in [-0.39, 0.29) is 37.9 Å². The maximum atomic E-state index is 13.8. The third-order valence-corrected chi connectivity index (χ3v) is 4.88. The summed E-state index contributed by atoms with van der Waals surface area (Å²) in [5.41, 5.74) is -1.64. The predicted molar refractivity (Wildman–Crippen MR) is 84.7 cm³/mol. The molecule has 1 aromatic rings. The SMILES string of the molecule is CC(C)N1C(=O)NC2(CCN(C(=O)c3ccc(F)c(F)c3F)CC2)C1=O. The molecular weight excluding hydrogens is 351 g/mol. The lowest BCUT2D eigenvalue weighted by Gasteiger charge is -2.37. The number of halogens is 3. The Labute approximate surface area is 147 Å². The van der Waals surface area contributed by atoms with Gasteiger partial charge in [-0.2, -0.15) is 0 Å². The normalized spacial score (nSPS) is 19.5. The molecule has 1 N–H and O–H groups in total. The molecule has 2 saturated heterocycles. The Kier molecular flexibility index (Phi) is 4.41. The summed E-state index contributed by atoms with van der Waals surface area (Å²) in [6, 6.07) is 0.816. The molecule has 2 heterocycles. The van der Waals surface area contributed by atoms with E-state index in [9.17, 15) is 27.6 Å². The number of carbonyl (C=O) groups excluding carboxylic acids is 3. The van der Waals surface area contributed by atoms with E-state index in [0.29, 0.717) is 6.07 Å². The van der Waals surface area contributed by atoms with Gasteiger partial charge in [-0.25, -0.2) is 18.0 Å². The fourth-order valence-electron chi connectivity index (χ4n) is 3.40. The standard InChI is InChI=1S/C17H18F3N3O3/c1-9(2)23-15(25)17(21-16(23)26)5-7-22(8-6-17)14(24)10-3-4-11(18)13(20)12(10)19/h3-4,9H,5-8H2,1-2H3,(H,21,26). The smallest absolute Gasteiger partial charge is 0.325 e. The van der Waals surface area contributed by atoms with Gasteiger partial charge in [0.2, 0.25) is 0 Å². The number of likely N-dealkylation sites (tertiary alicyclic amines) is 1. The van der Waals surface area contributed by atoms with Gasteiger partial charge >= 0.3 is 6.03 Å². The average molecular weight is 369 g/mol. The summed E-state index contributed by atoms with van der Waals surface area (Å²) in [5, 5.41) is 2.69. The number of benzene rings is 1. The van der Waals surface area contributed by atoms with Crippen LogP contribution in [0.1, 0.15) is 37.0 Å². The lowest BCUT2D eigenvalue weighted by Crippen LogP contribution is -2.56. The molecule has 3 rings (SSSR count). The van der Waals surface area contributed by atoms with Crippen molar-refractivity contribution in [3.63, 3.8) is 0 Å². The van der Waals surface area contributed by atoms with Crippen LogP contribution in [0.15, 0.2) is 12.1 Å². The Morgan fingerprint density at radius 1 is 1.12 bits per heavy atom. The largest absolute Gasteiger partial charge is 0.338 e. The van der Waals surface area contributed by atoms with Crippen LogP contribution < -0.4 is 5.32 Å². The van der Waals surface area contributed by atoms with Crippen LogP contribution in [0.5, 0.6) is 0 Å². The third kappa shape index (κ3) is 2.71. The monoisotopic (exact) mass is 369 g/mol. The third-order valence-electron chi connectivity index (χ3n) is 4.88. The summed E-state index contributed by atoms with van der Waals surface area (Å²) < 4.78 is 40.2. The van der Waals surface area contributed by atoms with Crippen LogP contribution in [-0.4, -0.2) is 52.3 Å². The number of amides is 4. The number of hydrogen-bond acceptors (Lipinski definition) is 3. The van der Waals surface area contributed by atoms with Crippen molar-refractivity contribution in [2.75, 3.05) is 13.1 Å². The van der Waals surface area contributed by atoms with Crippen molar-refractivity contribution in [1.29, 1.82) is 0 Å². The number of carbonyl (C=O) groups is 3. The number of urea groups is 1. The number of imide groups is 1. The van der Waals surface area contributed by atoms with Crippen molar-refractivity contribution >= 4 is 17.8 Å². The van der Waals surface area contributed by atoms with Crippen molar-refractivity contribution in [3.8, 4) is 0 Å². The number of hydrogen-bond donors (Lipinski definition) is 1. The van der Waals surface area contributed by atoms with E-state index in [1.54, 1.807) is 13.8 Å². The highest BCUT2D eigenvalue weighted by atomic mass is 19.2. The summed E-state index contributed by atoms with van der Waals surface area (Å²) in [5.74, 6) is -5.73. The van der Waals surface area contributed by atoms with Crippen molar-refractivity contribution in [2.24, 2.45) is 0 Å². The van der Waals surface area contributed by atoms with Crippen LogP contribution in [0, 0.1) is 17.5 Å². The van der Waals surface area contributed by atoms with E-state index in [0.717, 1.165) is 11.0 Å². The van der Waals surface area contributed by atoms with Gasteiger partial charge in [-0.15, -0.1) is 0 Å². The molecule has 1 aromatic carbocycles. The van der Waals surface area contributed by atoms with E-state index in [4.69, 9.17) is 0 Å². The summed E-state index contributed by atoms with van der Waals surface area (Å²) >= 11 is 0. The number of piperidine rings is 1. The van der Waals surface area contributed by atoms with Crippen molar-refractivity contribution < 1.29 is 27.6 Å². The van der Waals surface area contributed by atoms with Crippen molar-refractivity contribution in [3.05, 3.63) is 35.1 Å². The highest BCUT2D eigenvalue weighted by molar-refractivity contribution is 6.07. The van der Waals surface area contributed by atoms with Gasteiger partial charge < -0.3 is 10.2 Å². The minimum absolute atomic E-state index is 0.0786. The molecule has 2 fully saturated rings. The van der Waals surface area contributed by atoms with Crippen LogP contribution in [-0.2, 0) is 4.79 Å². The topological polar surface area (TPSA) is 69.7 Å². The summed E-state index contributed by atoms with van der Waals surface area (Å²) in [4.78, 5) is 39.5. The zero-order valence-corrected chi connectivity index (χ0v) is 14.3. The first-order chi connectivity index (χ1) is 12.2.